The maximum Gasteiger partial charge on any atom is 0.0599 e. The number of aryl methyl sites for hydroxylation is 1. The molecule has 0 heterocycles. The van der Waals surface area contributed by atoms with Crippen LogP contribution < -0.4 is 10.6 Å². The highest BCUT2D eigenvalue weighted by Gasteiger charge is 2.10. The van der Waals surface area contributed by atoms with Gasteiger partial charge in [-0.15, -0.1) is 0 Å². The second-order valence-electron chi connectivity index (χ2n) is 3.77. The molecule has 0 aromatic heterocycles. The van der Waals surface area contributed by atoms with E-state index in [9.17, 15) is 0 Å². The average Bonchev–Trinajstić information content (AvgIpc) is 2.26. The van der Waals surface area contributed by atoms with Crippen LogP contribution in [0.4, 0.5) is 5.69 Å². The monoisotopic (exact) mass is 208 g/mol. The van der Waals surface area contributed by atoms with E-state index in [0.717, 1.165) is 6.54 Å². The Hall–Kier alpha value is -1.06. The number of benzene rings is 1. The lowest BCUT2D eigenvalue weighted by Gasteiger charge is -2.27. The van der Waals surface area contributed by atoms with Crippen LogP contribution in [-0.2, 0) is 0 Å². The normalized spacial score (nSPS) is 12.5. The van der Waals surface area contributed by atoms with Crippen LogP contribution in [0.1, 0.15) is 12.5 Å². The molecule has 0 fully saturated rings. The van der Waals surface area contributed by atoms with Gasteiger partial charge in [0.2, 0.25) is 0 Å². The lowest BCUT2D eigenvalue weighted by atomic mass is 10.1. The van der Waals surface area contributed by atoms with Gasteiger partial charge in [-0.3, -0.25) is 0 Å². The second kappa shape index (κ2) is 5.73. The quantitative estimate of drug-likeness (QED) is 0.763. The van der Waals surface area contributed by atoms with Crippen molar-refractivity contribution in [2.24, 2.45) is 5.73 Å². The Kier molecular flexibility index (Phi) is 4.59. The first-order valence-corrected chi connectivity index (χ1v) is 5.36. The fourth-order valence-corrected chi connectivity index (χ4v) is 1.66. The molecule has 3 heteroatoms. The third-order valence-electron chi connectivity index (χ3n) is 2.53. The van der Waals surface area contributed by atoms with Crippen molar-refractivity contribution < 1.29 is 5.11 Å². The van der Waals surface area contributed by atoms with Gasteiger partial charge in [-0.05, 0) is 25.5 Å². The summed E-state index contributed by atoms with van der Waals surface area (Å²) in [4.78, 5) is 2.19. The van der Waals surface area contributed by atoms with Crippen LogP contribution in [0.25, 0.3) is 0 Å². The number of para-hydroxylation sites is 1. The molecule has 0 radical (unpaired) electrons. The number of hydrogen-bond donors (Lipinski definition) is 2. The first kappa shape index (κ1) is 12.0. The van der Waals surface area contributed by atoms with Gasteiger partial charge in [-0.2, -0.15) is 0 Å². The molecule has 0 amide bonds. The zero-order valence-electron chi connectivity index (χ0n) is 9.48. The van der Waals surface area contributed by atoms with E-state index in [0.29, 0.717) is 6.54 Å². The van der Waals surface area contributed by atoms with E-state index >= 15 is 0 Å². The molecule has 0 saturated carbocycles. The Balaban J connectivity index is 2.78. The fourth-order valence-electron chi connectivity index (χ4n) is 1.66. The molecule has 0 aliphatic heterocycles. The van der Waals surface area contributed by atoms with Crippen molar-refractivity contribution in [2.45, 2.75) is 19.9 Å². The highest BCUT2D eigenvalue weighted by molar-refractivity contribution is 5.52. The molecule has 0 spiro atoms. The molecule has 1 aromatic carbocycles. The number of nitrogens with two attached hydrogens (primary N) is 1. The average molecular weight is 208 g/mol. The fraction of sp³-hybridized carbons (Fsp3) is 0.500. The van der Waals surface area contributed by atoms with Gasteiger partial charge >= 0.3 is 0 Å². The van der Waals surface area contributed by atoms with Crippen molar-refractivity contribution in [3.8, 4) is 0 Å². The van der Waals surface area contributed by atoms with E-state index in [-0.39, 0.29) is 12.6 Å². The molecular formula is C12H20N2O. The number of aliphatic hydroxyl groups excluding tert-OH is 1. The van der Waals surface area contributed by atoms with Gasteiger partial charge in [0.15, 0.2) is 0 Å². The molecule has 3 N–H and O–H groups in total. The molecular weight excluding hydrogens is 188 g/mol. The Labute approximate surface area is 91.5 Å². The summed E-state index contributed by atoms with van der Waals surface area (Å²) in [6.07, 6.45) is 0. The summed E-state index contributed by atoms with van der Waals surface area (Å²) in [5.74, 6) is 0. The predicted molar refractivity (Wildman–Crippen MR) is 64.1 cm³/mol. The lowest BCUT2D eigenvalue weighted by molar-refractivity contribution is 0.267. The van der Waals surface area contributed by atoms with Crippen molar-refractivity contribution in [2.75, 3.05) is 24.6 Å². The molecule has 84 valence electrons. The van der Waals surface area contributed by atoms with Crippen LogP contribution in [0.2, 0.25) is 0 Å². The summed E-state index contributed by atoms with van der Waals surface area (Å²) in [7, 11) is 0. The number of likely N-dealkylation sites (N-methyl/N-ethyl adjacent to an activating group) is 1. The van der Waals surface area contributed by atoms with Crippen molar-refractivity contribution >= 4 is 5.69 Å². The number of hydrogen-bond acceptors (Lipinski definition) is 3. The Morgan fingerprint density at radius 3 is 2.60 bits per heavy atom. The van der Waals surface area contributed by atoms with Gasteiger partial charge in [0.25, 0.3) is 0 Å². The number of rotatable bonds is 5. The van der Waals surface area contributed by atoms with Crippen molar-refractivity contribution in [3.05, 3.63) is 29.8 Å². The first-order valence-electron chi connectivity index (χ1n) is 5.36. The Bertz CT molecular complexity index is 301. The highest BCUT2D eigenvalue weighted by atomic mass is 16.3. The van der Waals surface area contributed by atoms with Crippen LogP contribution >= 0.6 is 0 Å². The lowest BCUT2D eigenvalue weighted by Crippen LogP contribution is -2.40. The summed E-state index contributed by atoms with van der Waals surface area (Å²) >= 11 is 0. The van der Waals surface area contributed by atoms with Crippen LogP contribution in [0.15, 0.2) is 24.3 Å². The molecule has 1 aromatic rings. The third-order valence-corrected chi connectivity index (χ3v) is 2.53. The minimum atomic E-state index is -0.176. The van der Waals surface area contributed by atoms with E-state index in [1.165, 1.54) is 11.3 Å². The van der Waals surface area contributed by atoms with Crippen LogP contribution in [0.3, 0.4) is 0 Å². The summed E-state index contributed by atoms with van der Waals surface area (Å²) in [6.45, 7) is 5.80. The van der Waals surface area contributed by atoms with Gasteiger partial charge in [0, 0.05) is 24.8 Å². The largest absolute Gasteiger partial charge is 0.395 e. The number of nitrogens with zero attached hydrogens (tertiary/aromatic N) is 1. The predicted octanol–water partition coefficient (Wildman–Crippen LogP) is 1.14. The first-order chi connectivity index (χ1) is 7.19. The van der Waals surface area contributed by atoms with Gasteiger partial charge in [0.05, 0.1) is 6.61 Å². The minimum Gasteiger partial charge on any atom is -0.395 e. The molecule has 0 bridgehead atoms. The van der Waals surface area contributed by atoms with Gasteiger partial charge in [-0.1, -0.05) is 18.2 Å². The SMILES string of the molecule is CCN(CC(N)CO)c1ccccc1C. The van der Waals surface area contributed by atoms with E-state index in [1.54, 1.807) is 0 Å². The molecule has 1 unspecified atom stereocenters. The zero-order valence-corrected chi connectivity index (χ0v) is 9.48. The Morgan fingerprint density at radius 2 is 2.07 bits per heavy atom. The van der Waals surface area contributed by atoms with E-state index in [1.807, 2.05) is 12.1 Å². The standard InChI is InChI=1S/C12H20N2O/c1-3-14(8-11(13)9-15)12-7-5-4-6-10(12)2/h4-7,11,15H,3,8-9,13H2,1-2H3. The summed E-state index contributed by atoms with van der Waals surface area (Å²) in [5, 5.41) is 8.94. The molecule has 1 rings (SSSR count). The Morgan fingerprint density at radius 1 is 1.40 bits per heavy atom. The molecule has 0 saturated heterocycles. The van der Waals surface area contributed by atoms with Crippen LogP contribution in [0, 0.1) is 6.92 Å². The maximum atomic E-state index is 8.94. The van der Waals surface area contributed by atoms with Crippen molar-refractivity contribution in [3.63, 3.8) is 0 Å². The molecule has 1 atom stereocenters. The van der Waals surface area contributed by atoms with E-state index < -0.39 is 0 Å². The molecule has 0 aliphatic rings. The topological polar surface area (TPSA) is 49.5 Å². The van der Waals surface area contributed by atoms with Crippen molar-refractivity contribution in [1.29, 1.82) is 0 Å². The molecule has 3 nitrogen and oxygen atoms in total. The van der Waals surface area contributed by atoms with Gasteiger partial charge in [-0.25, -0.2) is 0 Å². The smallest absolute Gasteiger partial charge is 0.0599 e. The van der Waals surface area contributed by atoms with Crippen molar-refractivity contribution in [1.82, 2.24) is 0 Å². The summed E-state index contributed by atoms with van der Waals surface area (Å²) in [6, 6.07) is 8.05. The van der Waals surface area contributed by atoms with Gasteiger partial charge < -0.3 is 15.7 Å². The van der Waals surface area contributed by atoms with Gasteiger partial charge in [0.1, 0.15) is 0 Å². The molecule has 0 aliphatic carbocycles. The minimum absolute atomic E-state index is 0.0301. The van der Waals surface area contributed by atoms with Crippen LogP contribution in [0.5, 0.6) is 0 Å². The highest BCUT2D eigenvalue weighted by Crippen LogP contribution is 2.18. The van der Waals surface area contributed by atoms with Crippen LogP contribution in [-0.4, -0.2) is 30.8 Å². The van der Waals surface area contributed by atoms with E-state index in [2.05, 4.69) is 30.9 Å². The number of aliphatic hydroxyl groups is 1. The molecule has 15 heavy (non-hydrogen) atoms. The van der Waals surface area contributed by atoms with E-state index in [4.69, 9.17) is 10.8 Å². The third kappa shape index (κ3) is 3.22. The number of anilines is 1. The summed E-state index contributed by atoms with van der Waals surface area (Å²) in [5.41, 5.74) is 8.18. The zero-order chi connectivity index (χ0) is 11.3. The summed E-state index contributed by atoms with van der Waals surface area (Å²) < 4.78 is 0. The maximum absolute atomic E-state index is 8.94. The second-order valence-corrected chi connectivity index (χ2v) is 3.77.